The highest BCUT2D eigenvalue weighted by molar-refractivity contribution is 5.77. The van der Waals surface area contributed by atoms with Gasteiger partial charge in [0.2, 0.25) is 0 Å². The average molecular weight is 173 g/mol. The topological polar surface area (TPSA) is 25.2 Å². The molecule has 1 saturated heterocycles. The monoisotopic (exact) mass is 173 g/mol. The van der Waals surface area contributed by atoms with E-state index in [0.717, 1.165) is 17.9 Å². The summed E-state index contributed by atoms with van der Waals surface area (Å²) in [6.45, 7) is 1.11. The number of furan rings is 1. The largest absolute Gasteiger partial charge is 0.459 e. The molecule has 2 nitrogen and oxygen atoms in total. The summed E-state index contributed by atoms with van der Waals surface area (Å²) >= 11 is 0. The van der Waals surface area contributed by atoms with E-state index in [0.29, 0.717) is 6.04 Å². The first-order valence-corrected chi connectivity index (χ1v) is 4.65. The van der Waals surface area contributed by atoms with E-state index >= 15 is 0 Å². The molecule has 1 aromatic heterocycles. The Balaban J connectivity index is 2.10. The van der Waals surface area contributed by atoms with Crippen LogP contribution in [-0.2, 0) is 0 Å². The first-order chi connectivity index (χ1) is 6.43. The summed E-state index contributed by atoms with van der Waals surface area (Å²) in [4.78, 5) is 0. The Bertz CT molecular complexity index is 395. The molecular weight excluding hydrogens is 162 g/mol. The van der Waals surface area contributed by atoms with Crippen LogP contribution < -0.4 is 5.32 Å². The van der Waals surface area contributed by atoms with Gasteiger partial charge in [-0.2, -0.15) is 0 Å². The molecule has 3 rings (SSSR count). The number of nitrogens with one attached hydrogen (secondary N) is 1. The number of hydrogen-bond acceptors (Lipinski definition) is 2. The maximum absolute atomic E-state index is 5.71. The SMILES string of the molecule is c1ccc2oc([C@H]3CCN3)cc2c1. The maximum Gasteiger partial charge on any atom is 0.134 e. The van der Waals surface area contributed by atoms with Crippen molar-refractivity contribution in [2.75, 3.05) is 6.54 Å². The Kier molecular flexibility index (Phi) is 1.43. The van der Waals surface area contributed by atoms with E-state index in [9.17, 15) is 0 Å². The van der Waals surface area contributed by atoms with Crippen molar-refractivity contribution in [2.45, 2.75) is 12.5 Å². The minimum atomic E-state index is 0.451. The van der Waals surface area contributed by atoms with Crippen LogP contribution >= 0.6 is 0 Å². The molecule has 13 heavy (non-hydrogen) atoms. The second-order valence-corrected chi connectivity index (χ2v) is 3.48. The van der Waals surface area contributed by atoms with Crippen LogP contribution in [0.25, 0.3) is 11.0 Å². The highest BCUT2D eigenvalue weighted by Crippen LogP contribution is 2.28. The normalized spacial score (nSPS) is 21.7. The molecule has 0 spiro atoms. The van der Waals surface area contributed by atoms with Gasteiger partial charge < -0.3 is 9.73 Å². The van der Waals surface area contributed by atoms with Crippen LogP contribution in [0.4, 0.5) is 0 Å². The van der Waals surface area contributed by atoms with E-state index in [2.05, 4.69) is 17.4 Å². The van der Waals surface area contributed by atoms with Gasteiger partial charge in [-0.3, -0.25) is 0 Å². The van der Waals surface area contributed by atoms with Gasteiger partial charge in [0.1, 0.15) is 11.3 Å². The lowest BCUT2D eigenvalue weighted by Crippen LogP contribution is -2.34. The fourth-order valence-electron chi connectivity index (χ4n) is 1.71. The lowest BCUT2D eigenvalue weighted by atomic mass is 10.0. The lowest BCUT2D eigenvalue weighted by Gasteiger charge is -2.25. The van der Waals surface area contributed by atoms with Crippen LogP contribution in [0.3, 0.4) is 0 Å². The average Bonchev–Trinajstić information content (AvgIpc) is 2.43. The van der Waals surface area contributed by atoms with Crippen LogP contribution in [-0.4, -0.2) is 6.54 Å². The van der Waals surface area contributed by atoms with Gasteiger partial charge in [-0.05, 0) is 25.1 Å². The van der Waals surface area contributed by atoms with Crippen molar-refractivity contribution in [3.63, 3.8) is 0 Å². The summed E-state index contributed by atoms with van der Waals surface area (Å²) in [5, 5.41) is 4.53. The minimum Gasteiger partial charge on any atom is -0.459 e. The van der Waals surface area contributed by atoms with E-state index in [1.807, 2.05) is 18.2 Å². The third-order valence-electron chi connectivity index (χ3n) is 2.61. The Morgan fingerprint density at radius 3 is 2.85 bits per heavy atom. The molecule has 1 aliphatic rings. The second kappa shape index (κ2) is 2.60. The standard InChI is InChI=1S/C11H11NO/c1-2-4-10-8(3-1)7-11(13-10)9-5-6-12-9/h1-4,7,9,12H,5-6H2/t9-/m1/s1. The highest BCUT2D eigenvalue weighted by atomic mass is 16.3. The predicted molar refractivity (Wildman–Crippen MR) is 51.6 cm³/mol. The zero-order chi connectivity index (χ0) is 8.67. The van der Waals surface area contributed by atoms with Crippen molar-refractivity contribution in [3.05, 3.63) is 36.1 Å². The summed E-state index contributed by atoms with van der Waals surface area (Å²) < 4.78 is 5.71. The number of para-hydroxylation sites is 1. The fourth-order valence-corrected chi connectivity index (χ4v) is 1.71. The molecule has 0 aliphatic carbocycles. The third-order valence-corrected chi connectivity index (χ3v) is 2.61. The van der Waals surface area contributed by atoms with Crippen LogP contribution in [0.2, 0.25) is 0 Å². The van der Waals surface area contributed by atoms with Crippen molar-refractivity contribution < 1.29 is 4.42 Å². The Morgan fingerprint density at radius 2 is 2.15 bits per heavy atom. The summed E-state index contributed by atoms with van der Waals surface area (Å²) in [5.41, 5.74) is 0.992. The number of benzene rings is 1. The van der Waals surface area contributed by atoms with Crippen LogP contribution in [0, 0.1) is 0 Å². The van der Waals surface area contributed by atoms with Crippen molar-refractivity contribution in [1.29, 1.82) is 0 Å². The summed E-state index contributed by atoms with van der Waals surface area (Å²) in [5.74, 6) is 1.08. The zero-order valence-corrected chi connectivity index (χ0v) is 7.29. The van der Waals surface area contributed by atoms with Gasteiger partial charge in [0, 0.05) is 5.39 Å². The third kappa shape index (κ3) is 1.06. The molecule has 1 atom stereocenters. The van der Waals surface area contributed by atoms with E-state index in [1.165, 1.54) is 11.8 Å². The van der Waals surface area contributed by atoms with Gasteiger partial charge in [-0.1, -0.05) is 18.2 Å². The number of hydrogen-bond donors (Lipinski definition) is 1. The highest BCUT2D eigenvalue weighted by Gasteiger charge is 2.21. The molecule has 0 radical (unpaired) electrons. The Morgan fingerprint density at radius 1 is 1.31 bits per heavy atom. The molecule has 0 unspecified atom stereocenters. The molecule has 2 aromatic rings. The van der Waals surface area contributed by atoms with Crippen LogP contribution in [0.15, 0.2) is 34.7 Å². The molecule has 1 fully saturated rings. The summed E-state index contributed by atoms with van der Waals surface area (Å²) in [6.07, 6.45) is 1.19. The molecular formula is C11H11NO. The van der Waals surface area contributed by atoms with Crippen molar-refractivity contribution in [1.82, 2.24) is 5.32 Å². The molecule has 1 aromatic carbocycles. The van der Waals surface area contributed by atoms with Crippen LogP contribution in [0.5, 0.6) is 0 Å². The minimum absolute atomic E-state index is 0.451. The molecule has 1 N–H and O–H groups in total. The first-order valence-electron chi connectivity index (χ1n) is 4.65. The van der Waals surface area contributed by atoms with E-state index in [-0.39, 0.29) is 0 Å². The zero-order valence-electron chi connectivity index (χ0n) is 7.29. The van der Waals surface area contributed by atoms with Gasteiger partial charge in [0.05, 0.1) is 6.04 Å². The van der Waals surface area contributed by atoms with Gasteiger partial charge >= 0.3 is 0 Å². The predicted octanol–water partition coefficient (Wildman–Crippen LogP) is 2.47. The van der Waals surface area contributed by atoms with Gasteiger partial charge in [-0.15, -0.1) is 0 Å². The van der Waals surface area contributed by atoms with E-state index in [1.54, 1.807) is 0 Å². The molecule has 1 aliphatic heterocycles. The second-order valence-electron chi connectivity index (χ2n) is 3.48. The molecule has 2 heteroatoms. The summed E-state index contributed by atoms with van der Waals surface area (Å²) in [6, 6.07) is 10.7. The Labute approximate surface area is 76.5 Å². The van der Waals surface area contributed by atoms with Crippen molar-refractivity contribution in [3.8, 4) is 0 Å². The maximum atomic E-state index is 5.71. The van der Waals surface area contributed by atoms with E-state index < -0.39 is 0 Å². The number of rotatable bonds is 1. The lowest BCUT2D eigenvalue weighted by molar-refractivity contribution is 0.327. The van der Waals surface area contributed by atoms with E-state index in [4.69, 9.17) is 4.42 Å². The smallest absolute Gasteiger partial charge is 0.134 e. The number of fused-ring (bicyclic) bond motifs is 1. The molecule has 0 saturated carbocycles. The quantitative estimate of drug-likeness (QED) is 0.716. The van der Waals surface area contributed by atoms with Crippen molar-refractivity contribution in [2.24, 2.45) is 0 Å². The Hall–Kier alpha value is -1.28. The van der Waals surface area contributed by atoms with Gasteiger partial charge in [-0.25, -0.2) is 0 Å². The fraction of sp³-hybridized carbons (Fsp3) is 0.273. The van der Waals surface area contributed by atoms with Crippen molar-refractivity contribution >= 4 is 11.0 Å². The molecule has 66 valence electrons. The first kappa shape index (κ1) is 7.15. The molecule has 0 amide bonds. The molecule has 2 heterocycles. The summed E-state index contributed by atoms with van der Waals surface area (Å²) in [7, 11) is 0. The van der Waals surface area contributed by atoms with Gasteiger partial charge in [0.15, 0.2) is 0 Å². The van der Waals surface area contributed by atoms with Gasteiger partial charge in [0.25, 0.3) is 0 Å². The molecule has 0 bridgehead atoms. The van der Waals surface area contributed by atoms with Crippen LogP contribution in [0.1, 0.15) is 18.2 Å².